The minimum absolute atomic E-state index is 0.0758. The molecule has 0 radical (unpaired) electrons. The molecule has 21 heavy (non-hydrogen) atoms. The maximum atomic E-state index is 12.7. The molecule has 116 valence electrons. The zero-order valence-corrected chi connectivity index (χ0v) is 13.5. The highest BCUT2D eigenvalue weighted by Crippen LogP contribution is 2.28. The molecule has 1 aliphatic rings. The molecule has 0 amide bonds. The molecule has 1 fully saturated rings. The molecule has 2 rings (SSSR count). The molecule has 1 unspecified atom stereocenters. The minimum atomic E-state index is -3.94. The van der Waals surface area contributed by atoms with Crippen molar-refractivity contribution in [1.82, 2.24) is 4.31 Å². The van der Waals surface area contributed by atoms with Crippen LogP contribution in [0.2, 0.25) is 10.0 Å². The number of benzene rings is 1. The van der Waals surface area contributed by atoms with Crippen molar-refractivity contribution in [3.63, 3.8) is 0 Å². The van der Waals surface area contributed by atoms with Crippen molar-refractivity contribution in [3.8, 4) is 0 Å². The van der Waals surface area contributed by atoms with Crippen LogP contribution in [-0.4, -0.2) is 36.4 Å². The maximum absolute atomic E-state index is 12.7. The van der Waals surface area contributed by atoms with E-state index in [2.05, 4.69) is 0 Å². The lowest BCUT2D eigenvalue weighted by Crippen LogP contribution is -2.44. The standard InChI is InChI=1S/C13H15Cl2NO4S/c14-9-6-10(15)8-11(7-9)21(19,20)16-5-3-1-2-4-12(16)13(17)18/h6-8,12H,1-5H2,(H,17,18). The molecule has 0 aromatic heterocycles. The first-order chi connectivity index (χ1) is 9.82. The van der Waals surface area contributed by atoms with Gasteiger partial charge in [-0.15, -0.1) is 0 Å². The van der Waals surface area contributed by atoms with E-state index < -0.39 is 22.0 Å². The molecule has 0 bridgehead atoms. The zero-order valence-electron chi connectivity index (χ0n) is 11.1. The highest BCUT2D eigenvalue weighted by atomic mass is 35.5. The predicted octanol–water partition coefficient (Wildman–Crippen LogP) is 3.01. The highest BCUT2D eigenvalue weighted by molar-refractivity contribution is 7.89. The second-order valence-corrected chi connectivity index (χ2v) is 7.69. The maximum Gasteiger partial charge on any atom is 0.322 e. The Morgan fingerprint density at radius 1 is 1.14 bits per heavy atom. The van der Waals surface area contributed by atoms with Crippen LogP contribution in [-0.2, 0) is 14.8 Å². The lowest BCUT2D eigenvalue weighted by molar-refractivity contribution is -0.141. The summed E-state index contributed by atoms with van der Waals surface area (Å²) in [5, 5.41) is 9.69. The Morgan fingerprint density at radius 3 is 2.33 bits per heavy atom. The van der Waals surface area contributed by atoms with E-state index in [0.717, 1.165) is 10.7 Å². The minimum Gasteiger partial charge on any atom is -0.480 e. The van der Waals surface area contributed by atoms with Gasteiger partial charge in [0.15, 0.2) is 0 Å². The fourth-order valence-corrected chi connectivity index (χ4v) is 4.81. The normalized spacial score (nSPS) is 21.0. The van der Waals surface area contributed by atoms with Crippen LogP contribution in [0.3, 0.4) is 0 Å². The summed E-state index contributed by atoms with van der Waals surface area (Å²) in [4.78, 5) is 11.3. The van der Waals surface area contributed by atoms with Crippen molar-refractivity contribution in [2.24, 2.45) is 0 Å². The number of halogens is 2. The molecular formula is C13H15Cl2NO4S. The van der Waals surface area contributed by atoms with Gasteiger partial charge in [0.05, 0.1) is 4.90 Å². The molecule has 0 spiro atoms. The van der Waals surface area contributed by atoms with E-state index in [-0.39, 0.29) is 21.5 Å². The molecule has 1 aromatic rings. The van der Waals surface area contributed by atoms with Crippen LogP contribution >= 0.6 is 23.2 Å². The third-order valence-electron chi connectivity index (χ3n) is 3.43. The van der Waals surface area contributed by atoms with Gasteiger partial charge in [-0.3, -0.25) is 4.79 Å². The fourth-order valence-electron chi connectivity index (χ4n) is 2.43. The van der Waals surface area contributed by atoms with E-state index >= 15 is 0 Å². The Kier molecular flexibility index (Phi) is 5.14. The van der Waals surface area contributed by atoms with Crippen LogP contribution < -0.4 is 0 Å². The summed E-state index contributed by atoms with van der Waals surface area (Å²) in [7, 11) is -3.94. The molecule has 1 aliphatic heterocycles. The van der Waals surface area contributed by atoms with Crippen molar-refractivity contribution < 1.29 is 18.3 Å². The van der Waals surface area contributed by atoms with Gasteiger partial charge in [-0.25, -0.2) is 8.42 Å². The lowest BCUT2D eigenvalue weighted by atomic mass is 10.1. The summed E-state index contributed by atoms with van der Waals surface area (Å²) >= 11 is 11.7. The molecule has 0 saturated carbocycles. The predicted molar refractivity (Wildman–Crippen MR) is 80.2 cm³/mol. The van der Waals surface area contributed by atoms with Crippen LogP contribution in [0.25, 0.3) is 0 Å². The van der Waals surface area contributed by atoms with E-state index in [0.29, 0.717) is 19.3 Å². The monoisotopic (exact) mass is 351 g/mol. The van der Waals surface area contributed by atoms with E-state index in [1.54, 1.807) is 0 Å². The van der Waals surface area contributed by atoms with Gasteiger partial charge in [-0.2, -0.15) is 4.31 Å². The number of carboxylic acid groups (broad SMARTS) is 1. The van der Waals surface area contributed by atoms with Gasteiger partial charge in [0.25, 0.3) is 0 Å². The Morgan fingerprint density at radius 2 is 1.76 bits per heavy atom. The fraction of sp³-hybridized carbons (Fsp3) is 0.462. The van der Waals surface area contributed by atoms with Crippen molar-refractivity contribution in [1.29, 1.82) is 0 Å². The quantitative estimate of drug-likeness (QED) is 0.907. The van der Waals surface area contributed by atoms with Gasteiger partial charge in [-0.05, 0) is 31.0 Å². The number of hydrogen-bond donors (Lipinski definition) is 1. The van der Waals surface area contributed by atoms with Crippen LogP contribution in [0.5, 0.6) is 0 Å². The summed E-state index contributed by atoms with van der Waals surface area (Å²) in [5.74, 6) is -1.13. The van der Waals surface area contributed by atoms with Crippen LogP contribution in [0.15, 0.2) is 23.1 Å². The molecule has 1 N–H and O–H groups in total. The SMILES string of the molecule is O=C(O)C1CCCCCN1S(=O)(=O)c1cc(Cl)cc(Cl)c1. The van der Waals surface area contributed by atoms with Gasteiger partial charge >= 0.3 is 5.97 Å². The van der Waals surface area contributed by atoms with Crippen molar-refractivity contribution >= 4 is 39.2 Å². The number of carbonyl (C=O) groups is 1. The number of sulfonamides is 1. The molecule has 8 heteroatoms. The number of hydrogen-bond acceptors (Lipinski definition) is 3. The van der Waals surface area contributed by atoms with E-state index in [9.17, 15) is 18.3 Å². The summed E-state index contributed by atoms with van der Waals surface area (Å²) < 4.78 is 26.5. The van der Waals surface area contributed by atoms with E-state index in [1.165, 1.54) is 18.2 Å². The van der Waals surface area contributed by atoms with Gasteiger partial charge in [0.1, 0.15) is 6.04 Å². The van der Waals surface area contributed by atoms with Gasteiger partial charge in [0.2, 0.25) is 10.0 Å². The van der Waals surface area contributed by atoms with Crippen LogP contribution in [0, 0.1) is 0 Å². The summed E-state index contributed by atoms with van der Waals surface area (Å²) in [6, 6.07) is 2.95. The molecule has 1 aromatic carbocycles. The van der Waals surface area contributed by atoms with Gasteiger partial charge in [-0.1, -0.05) is 36.0 Å². The first-order valence-electron chi connectivity index (χ1n) is 6.53. The summed E-state index contributed by atoms with van der Waals surface area (Å²) in [6.45, 7) is 0.184. The van der Waals surface area contributed by atoms with Crippen LogP contribution in [0.1, 0.15) is 25.7 Å². The van der Waals surface area contributed by atoms with Crippen molar-refractivity contribution in [2.45, 2.75) is 36.6 Å². The molecule has 1 saturated heterocycles. The zero-order chi connectivity index (χ0) is 15.6. The summed E-state index contributed by atoms with van der Waals surface area (Å²) in [6.07, 6.45) is 2.45. The van der Waals surface area contributed by atoms with E-state index in [1.807, 2.05) is 0 Å². The van der Waals surface area contributed by atoms with E-state index in [4.69, 9.17) is 23.2 Å². The Balaban J connectivity index is 2.46. The molecule has 0 aliphatic carbocycles. The summed E-state index contributed by atoms with van der Waals surface area (Å²) in [5.41, 5.74) is 0. The average molecular weight is 352 g/mol. The van der Waals surface area contributed by atoms with Crippen molar-refractivity contribution in [3.05, 3.63) is 28.2 Å². The molecule has 5 nitrogen and oxygen atoms in total. The molecular weight excluding hydrogens is 337 g/mol. The Labute approximate surface area is 133 Å². The largest absolute Gasteiger partial charge is 0.480 e. The second kappa shape index (κ2) is 6.52. The Hall–Kier alpha value is -0.820. The Bertz CT molecular complexity index is 627. The smallest absolute Gasteiger partial charge is 0.322 e. The van der Waals surface area contributed by atoms with Crippen LogP contribution in [0.4, 0.5) is 0 Å². The lowest BCUT2D eigenvalue weighted by Gasteiger charge is -2.26. The average Bonchev–Trinajstić information content (AvgIpc) is 2.63. The van der Waals surface area contributed by atoms with Crippen molar-refractivity contribution in [2.75, 3.05) is 6.54 Å². The third-order valence-corrected chi connectivity index (χ3v) is 5.75. The number of rotatable bonds is 3. The first-order valence-corrected chi connectivity index (χ1v) is 8.73. The van der Waals surface area contributed by atoms with Gasteiger partial charge < -0.3 is 5.11 Å². The number of nitrogens with zero attached hydrogens (tertiary/aromatic N) is 1. The highest BCUT2D eigenvalue weighted by Gasteiger charge is 2.36. The first kappa shape index (κ1) is 16.5. The second-order valence-electron chi connectivity index (χ2n) is 4.92. The molecule has 1 heterocycles. The number of aliphatic carboxylic acids is 1. The molecule has 1 atom stereocenters. The third kappa shape index (κ3) is 3.69. The van der Waals surface area contributed by atoms with Gasteiger partial charge in [0, 0.05) is 16.6 Å². The topological polar surface area (TPSA) is 74.7 Å². The number of carboxylic acids is 1.